The van der Waals surface area contributed by atoms with Gasteiger partial charge in [0.15, 0.2) is 0 Å². The minimum Gasteiger partial charge on any atom is -0.339 e. The Balaban J connectivity index is 1.74. The highest BCUT2D eigenvalue weighted by molar-refractivity contribution is 9.10. The Labute approximate surface area is 114 Å². The molecule has 0 bridgehead atoms. The van der Waals surface area contributed by atoms with Crippen LogP contribution in [0.2, 0.25) is 0 Å². The molecule has 0 spiro atoms. The molecule has 0 unspecified atom stereocenters. The lowest BCUT2D eigenvalue weighted by atomic mass is 10.4. The fraction of sp³-hybridized carbons (Fsp3) is 0.583. The average molecular weight is 317 g/mol. The SMILES string of the molecule is CCN(C(=O)CNCc1sccc1Br)C1CC1. The highest BCUT2D eigenvalue weighted by Crippen LogP contribution is 2.26. The number of thiophene rings is 1. The normalized spacial score (nSPS) is 14.9. The van der Waals surface area contributed by atoms with Gasteiger partial charge in [0.25, 0.3) is 0 Å². The maximum atomic E-state index is 11.9. The van der Waals surface area contributed by atoms with Crippen LogP contribution in [0.3, 0.4) is 0 Å². The molecule has 1 N–H and O–H groups in total. The number of hydrogen-bond donors (Lipinski definition) is 1. The third-order valence-electron chi connectivity index (χ3n) is 2.90. The van der Waals surface area contributed by atoms with Gasteiger partial charge in [-0.15, -0.1) is 11.3 Å². The van der Waals surface area contributed by atoms with Crippen LogP contribution in [0, 0.1) is 0 Å². The summed E-state index contributed by atoms with van der Waals surface area (Å²) in [5.74, 6) is 0.225. The Morgan fingerprint density at radius 3 is 2.94 bits per heavy atom. The number of nitrogens with one attached hydrogen (secondary N) is 1. The second-order valence-corrected chi connectivity index (χ2v) is 6.06. The molecule has 3 nitrogen and oxygen atoms in total. The van der Waals surface area contributed by atoms with Crippen LogP contribution in [-0.2, 0) is 11.3 Å². The van der Waals surface area contributed by atoms with Crippen molar-refractivity contribution in [1.82, 2.24) is 10.2 Å². The minimum atomic E-state index is 0.225. The fourth-order valence-electron chi connectivity index (χ4n) is 1.86. The third-order valence-corrected chi connectivity index (χ3v) is 4.83. The zero-order valence-corrected chi connectivity index (χ0v) is 12.3. The number of amides is 1. The van der Waals surface area contributed by atoms with Crippen molar-refractivity contribution in [3.8, 4) is 0 Å². The molecule has 1 amide bonds. The van der Waals surface area contributed by atoms with Crippen LogP contribution < -0.4 is 5.32 Å². The molecule has 0 atom stereocenters. The first-order valence-electron chi connectivity index (χ1n) is 5.94. The van der Waals surface area contributed by atoms with E-state index < -0.39 is 0 Å². The maximum absolute atomic E-state index is 11.9. The molecule has 1 aliphatic rings. The van der Waals surface area contributed by atoms with Crippen molar-refractivity contribution < 1.29 is 4.79 Å². The largest absolute Gasteiger partial charge is 0.339 e. The molecule has 1 aromatic rings. The number of likely N-dealkylation sites (N-methyl/N-ethyl adjacent to an activating group) is 1. The van der Waals surface area contributed by atoms with Gasteiger partial charge in [-0.2, -0.15) is 0 Å². The lowest BCUT2D eigenvalue weighted by molar-refractivity contribution is -0.130. The van der Waals surface area contributed by atoms with Crippen LogP contribution in [0.1, 0.15) is 24.6 Å². The number of halogens is 1. The molecule has 5 heteroatoms. The highest BCUT2D eigenvalue weighted by atomic mass is 79.9. The number of nitrogens with zero attached hydrogens (tertiary/aromatic N) is 1. The Kier molecular flexibility index (Phi) is 4.59. The summed E-state index contributed by atoms with van der Waals surface area (Å²) in [7, 11) is 0. The van der Waals surface area contributed by atoms with E-state index in [1.54, 1.807) is 11.3 Å². The van der Waals surface area contributed by atoms with E-state index in [1.807, 2.05) is 23.3 Å². The van der Waals surface area contributed by atoms with E-state index in [0.717, 1.165) is 17.6 Å². The smallest absolute Gasteiger partial charge is 0.236 e. The molecule has 94 valence electrons. The highest BCUT2D eigenvalue weighted by Gasteiger charge is 2.30. The summed E-state index contributed by atoms with van der Waals surface area (Å²) < 4.78 is 1.12. The molecule has 1 aromatic heterocycles. The third kappa shape index (κ3) is 3.53. The van der Waals surface area contributed by atoms with Crippen LogP contribution in [0.5, 0.6) is 0 Å². The van der Waals surface area contributed by atoms with Crippen molar-refractivity contribution >= 4 is 33.2 Å². The van der Waals surface area contributed by atoms with Crippen molar-refractivity contribution in [2.45, 2.75) is 32.4 Å². The molecule has 1 aliphatic carbocycles. The molecule has 0 saturated heterocycles. The zero-order valence-electron chi connectivity index (χ0n) is 9.91. The van der Waals surface area contributed by atoms with Gasteiger partial charge >= 0.3 is 0 Å². The van der Waals surface area contributed by atoms with Crippen LogP contribution >= 0.6 is 27.3 Å². The molecular formula is C12H17BrN2OS. The predicted octanol–water partition coefficient (Wildman–Crippen LogP) is 2.61. The van der Waals surface area contributed by atoms with Crippen molar-refractivity contribution in [3.05, 3.63) is 20.8 Å². The van der Waals surface area contributed by atoms with Gasteiger partial charge in [-0.1, -0.05) is 0 Å². The summed E-state index contributed by atoms with van der Waals surface area (Å²) in [4.78, 5) is 15.1. The number of carbonyl (C=O) groups excluding carboxylic acids is 1. The van der Waals surface area contributed by atoms with E-state index in [0.29, 0.717) is 12.6 Å². The minimum absolute atomic E-state index is 0.225. The zero-order chi connectivity index (χ0) is 12.3. The standard InChI is InChI=1S/C12H17BrN2OS/c1-2-15(9-3-4-9)12(16)8-14-7-11-10(13)5-6-17-11/h5-6,9,14H,2-4,7-8H2,1H3. The molecule has 0 aliphatic heterocycles. The summed E-state index contributed by atoms with van der Waals surface area (Å²) in [6.45, 7) is 4.07. The van der Waals surface area contributed by atoms with Crippen molar-refractivity contribution in [2.24, 2.45) is 0 Å². The molecule has 1 saturated carbocycles. The van der Waals surface area contributed by atoms with E-state index in [-0.39, 0.29) is 5.91 Å². The number of rotatable bonds is 6. The first-order chi connectivity index (χ1) is 8.22. The average Bonchev–Trinajstić information content (AvgIpc) is 3.05. The van der Waals surface area contributed by atoms with E-state index in [4.69, 9.17) is 0 Å². The lowest BCUT2D eigenvalue weighted by Crippen LogP contribution is -2.39. The van der Waals surface area contributed by atoms with Crippen LogP contribution in [0.25, 0.3) is 0 Å². The number of carbonyl (C=O) groups is 1. The second kappa shape index (κ2) is 5.98. The first kappa shape index (κ1) is 13.1. The monoisotopic (exact) mass is 316 g/mol. The van der Waals surface area contributed by atoms with E-state index >= 15 is 0 Å². The lowest BCUT2D eigenvalue weighted by Gasteiger charge is -2.20. The van der Waals surface area contributed by atoms with Crippen molar-refractivity contribution in [2.75, 3.05) is 13.1 Å². The van der Waals surface area contributed by atoms with E-state index in [1.165, 1.54) is 17.7 Å². The molecular weight excluding hydrogens is 300 g/mol. The summed E-state index contributed by atoms with van der Waals surface area (Å²) >= 11 is 5.18. The first-order valence-corrected chi connectivity index (χ1v) is 7.61. The van der Waals surface area contributed by atoms with E-state index in [2.05, 4.69) is 21.2 Å². The van der Waals surface area contributed by atoms with Gasteiger partial charge < -0.3 is 10.2 Å². The Bertz CT molecular complexity index is 390. The molecule has 17 heavy (non-hydrogen) atoms. The van der Waals surface area contributed by atoms with Crippen LogP contribution in [-0.4, -0.2) is 29.9 Å². The van der Waals surface area contributed by atoms with Gasteiger partial charge in [0.1, 0.15) is 0 Å². The summed E-state index contributed by atoms with van der Waals surface area (Å²) in [5.41, 5.74) is 0. The summed E-state index contributed by atoms with van der Waals surface area (Å²) in [6.07, 6.45) is 2.35. The van der Waals surface area contributed by atoms with Gasteiger partial charge in [0.2, 0.25) is 5.91 Å². The van der Waals surface area contributed by atoms with Gasteiger partial charge in [-0.25, -0.2) is 0 Å². The molecule has 1 heterocycles. The summed E-state index contributed by atoms with van der Waals surface area (Å²) in [5, 5.41) is 5.26. The fourth-order valence-corrected chi connectivity index (χ4v) is 3.32. The second-order valence-electron chi connectivity index (χ2n) is 4.21. The number of hydrogen-bond acceptors (Lipinski definition) is 3. The Morgan fingerprint density at radius 1 is 1.65 bits per heavy atom. The topological polar surface area (TPSA) is 32.3 Å². The van der Waals surface area contributed by atoms with Crippen molar-refractivity contribution in [1.29, 1.82) is 0 Å². The van der Waals surface area contributed by atoms with Gasteiger partial charge in [0, 0.05) is 28.5 Å². The van der Waals surface area contributed by atoms with Crippen LogP contribution in [0.4, 0.5) is 0 Å². The Morgan fingerprint density at radius 2 is 2.41 bits per heavy atom. The quantitative estimate of drug-likeness (QED) is 0.875. The van der Waals surface area contributed by atoms with E-state index in [9.17, 15) is 4.79 Å². The Hall–Kier alpha value is -0.390. The van der Waals surface area contributed by atoms with Crippen molar-refractivity contribution in [3.63, 3.8) is 0 Å². The summed E-state index contributed by atoms with van der Waals surface area (Å²) in [6, 6.07) is 2.55. The van der Waals surface area contributed by atoms with Crippen LogP contribution in [0.15, 0.2) is 15.9 Å². The molecule has 2 rings (SSSR count). The molecule has 0 aromatic carbocycles. The van der Waals surface area contributed by atoms with Gasteiger partial charge in [0.05, 0.1) is 6.54 Å². The predicted molar refractivity (Wildman–Crippen MR) is 74.1 cm³/mol. The van der Waals surface area contributed by atoms with Gasteiger partial charge in [-0.05, 0) is 47.1 Å². The molecule has 0 radical (unpaired) electrons. The maximum Gasteiger partial charge on any atom is 0.236 e. The molecule has 1 fully saturated rings. The van der Waals surface area contributed by atoms with Gasteiger partial charge in [-0.3, -0.25) is 4.79 Å².